The van der Waals surface area contributed by atoms with E-state index in [9.17, 15) is 4.79 Å². The maximum Gasteiger partial charge on any atom is 0.411 e. The number of nitrogens with zero attached hydrogens (tertiary/aromatic N) is 1. The second kappa shape index (κ2) is 4.39. The van der Waals surface area contributed by atoms with Crippen LogP contribution in [0.25, 0.3) is 0 Å². The molecule has 1 rings (SSSR count). The molecule has 1 fully saturated rings. The molecule has 4 heteroatoms. The van der Waals surface area contributed by atoms with Gasteiger partial charge in [0.15, 0.2) is 0 Å². The van der Waals surface area contributed by atoms with E-state index in [0.717, 1.165) is 13.0 Å². The van der Waals surface area contributed by atoms with Crippen molar-refractivity contribution >= 4 is 6.09 Å². The largest absolute Gasteiger partial charge is 0.444 e. The minimum Gasteiger partial charge on any atom is -0.444 e. The average Bonchev–Trinajstić information content (AvgIpc) is 2.43. The minimum absolute atomic E-state index is 0.0739. The Bertz CT molecular complexity index is 235. The maximum absolute atomic E-state index is 11.9. The first-order valence-electron chi connectivity index (χ1n) is 5.60. The van der Waals surface area contributed by atoms with Gasteiger partial charge in [-0.25, -0.2) is 4.79 Å². The number of rotatable bonds is 1. The molecule has 0 aromatic heterocycles. The zero-order valence-electron chi connectivity index (χ0n) is 10.3. The normalized spacial score (nSPS) is 26.9. The average molecular weight is 214 g/mol. The summed E-state index contributed by atoms with van der Waals surface area (Å²) in [6.07, 6.45) is 0.813. The lowest BCUT2D eigenvalue weighted by Gasteiger charge is -2.30. The SMILES string of the molecule is CC[C@H]1CN[C@H](C)N1C(=O)OC(C)(C)C. The zero-order chi connectivity index (χ0) is 11.6. The van der Waals surface area contributed by atoms with Gasteiger partial charge in [-0.15, -0.1) is 0 Å². The summed E-state index contributed by atoms with van der Waals surface area (Å²) in [6.45, 7) is 10.6. The van der Waals surface area contributed by atoms with E-state index in [1.54, 1.807) is 4.90 Å². The third kappa shape index (κ3) is 3.09. The highest BCUT2D eigenvalue weighted by Crippen LogP contribution is 2.18. The van der Waals surface area contributed by atoms with Crippen molar-refractivity contribution in [1.29, 1.82) is 0 Å². The first-order valence-corrected chi connectivity index (χ1v) is 5.60. The Kier molecular flexibility index (Phi) is 3.60. The van der Waals surface area contributed by atoms with Gasteiger partial charge in [0.05, 0.1) is 6.17 Å². The second-order valence-electron chi connectivity index (χ2n) is 5.03. The van der Waals surface area contributed by atoms with Crippen LogP contribution in [-0.4, -0.2) is 35.3 Å². The molecule has 0 unspecified atom stereocenters. The van der Waals surface area contributed by atoms with E-state index >= 15 is 0 Å². The highest BCUT2D eigenvalue weighted by atomic mass is 16.6. The van der Waals surface area contributed by atoms with Crippen molar-refractivity contribution in [3.05, 3.63) is 0 Å². The van der Waals surface area contributed by atoms with Gasteiger partial charge >= 0.3 is 6.09 Å². The van der Waals surface area contributed by atoms with Crippen molar-refractivity contribution in [2.75, 3.05) is 6.54 Å². The first-order chi connectivity index (χ1) is 6.85. The monoisotopic (exact) mass is 214 g/mol. The van der Waals surface area contributed by atoms with Crippen LogP contribution in [0.2, 0.25) is 0 Å². The van der Waals surface area contributed by atoms with Crippen molar-refractivity contribution in [3.8, 4) is 0 Å². The Hall–Kier alpha value is -0.770. The molecule has 1 N–H and O–H groups in total. The van der Waals surface area contributed by atoms with Crippen LogP contribution >= 0.6 is 0 Å². The number of hydrogen-bond acceptors (Lipinski definition) is 3. The summed E-state index contributed by atoms with van der Waals surface area (Å²) in [5, 5.41) is 3.26. The van der Waals surface area contributed by atoms with Crippen LogP contribution in [0.5, 0.6) is 0 Å². The lowest BCUT2D eigenvalue weighted by Crippen LogP contribution is -2.44. The second-order valence-corrected chi connectivity index (χ2v) is 5.03. The smallest absolute Gasteiger partial charge is 0.411 e. The van der Waals surface area contributed by atoms with Crippen LogP contribution in [0.3, 0.4) is 0 Å². The van der Waals surface area contributed by atoms with E-state index in [0.29, 0.717) is 0 Å². The van der Waals surface area contributed by atoms with Gasteiger partial charge < -0.3 is 4.74 Å². The van der Waals surface area contributed by atoms with E-state index in [2.05, 4.69) is 12.2 Å². The Morgan fingerprint density at radius 2 is 2.13 bits per heavy atom. The molecule has 0 aromatic carbocycles. The van der Waals surface area contributed by atoms with Crippen molar-refractivity contribution in [1.82, 2.24) is 10.2 Å². The summed E-state index contributed by atoms with van der Waals surface area (Å²) in [4.78, 5) is 13.7. The lowest BCUT2D eigenvalue weighted by molar-refractivity contribution is 0.0154. The highest BCUT2D eigenvalue weighted by Gasteiger charge is 2.35. The quantitative estimate of drug-likeness (QED) is 0.725. The number of amides is 1. The fourth-order valence-electron chi connectivity index (χ4n) is 1.78. The van der Waals surface area contributed by atoms with E-state index < -0.39 is 5.60 Å². The first kappa shape index (κ1) is 12.3. The summed E-state index contributed by atoms with van der Waals surface area (Å²) >= 11 is 0. The molecular formula is C11H22N2O2. The third-order valence-electron chi connectivity index (χ3n) is 2.54. The predicted molar refractivity (Wildman–Crippen MR) is 59.6 cm³/mol. The third-order valence-corrected chi connectivity index (χ3v) is 2.54. The summed E-state index contributed by atoms with van der Waals surface area (Å²) in [6, 6.07) is 0.259. The molecule has 2 atom stereocenters. The molecule has 0 radical (unpaired) electrons. The Morgan fingerprint density at radius 3 is 2.60 bits per heavy atom. The molecule has 0 bridgehead atoms. The van der Waals surface area contributed by atoms with E-state index in [4.69, 9.17) is 4.74 Å². The van der Waals surface area contributed by atoms with Crippen molar-refractivity contribution in [2.24, 2.45) is 0 Å². The lowest BCUT2D eigenvalue weighted by atomic mass is 10.2. The van der Waals surface area contributed by atoms with Crippen LogP contribution in [0.15, 0.2) is 0 Å². The van der Waals surface area contributed by atoms with E-state index in [1.165, 1.54) is 0 Å². The van der Waals surface area contributed by atoms with Gasteiger partial charge in [-0.2, -0.15) is 0 Å². The van der Waals surface area contributed by atoms with Gasteiger partial charge in [0.1, 0.15) is 5.60 Å². The molecular weight excluding hydrogens is 192 g/mol. The van der Waals surface area contributed by atoms with Crippen molar-refractivity contribution in [2.45, 2.75) is 58.8 Å². The molecule has 1 aliphatic heterocycles. The standard InChI is InChI=1S/C11H22N2O2/c1-6-9-7-12-8(2)13(9)10(14)15-11(3,4)5/h8-9,12H,6-7H2,1-5H3/t8-,9-/m0/s1. The summed E-state index contributed by atoms with van der Waals surface area (Å²) in [5.74, 6) is 0. The van der Waals surface area contributed by atoms with Crippen molar-refractivity contribution in [3.63, 3.8) is 0 Å². The number of carbonyl (C=O) groups is 1. The molecule has 0 spiro atoms. The van der Waals surface area contributed by atoms with Crippen LogP contribution in [0.4, 0.5) is 4.79 Å². The molecule has 1 amide bonds. The number of ether oxygens (including phenoxy) is 1. The molecule has 1 aliphatic rings. The van der Waals surface area contributed by atoms with Crippen molar-refractivity contribution < 1.29 is 9.53 Å². The molecule has 0 aromatic rings. The van der Waals surface area contributed by atoms with Gasteiger partial charge in [0.2, 0.25) is 0 Å². The van der Waals surface area contributed by atoms with Gasteiger partial charge in [-0.3, -0.25) is 10.2 Å². The topological polar surface area (TPSA) is 41.6 Å². The van der Waals surface area contributed by atoms with Gasteiger partial charge in [0, 0.05) is 12.6 Å². The Morgan fingerprint density at radius 1 is 1.53 bits per heavy atom. The zero-order valence-corrected chi connectivity index (χ0v) is 10.3. The van der Waals surface area contributed by atoms with Crippen LogP contribution < -0.4 is 5.32 Å². The molecule has 4 nitrogen and oxygen atoms in total. The van der Waals surface area contributed by atoms with Gasteiger partial charge in [-0.05, 0) is 34.1 Å². The van der Waals surface area contributed by atoms with E-state index in [-0.39, 0.29) is 18.3 Å². The molecule has 1 saturated heterocycles. The fourth-order valence-corrected chi connectivity index (χ4v) is 1.78. The highest BCUT2D eigenvalue weighted by molar-refractivity contribution is 5.69. The number of carbonyl (C=O) groups excluding carboxylic acids is 1. The number of nitrogens with one attached hydrogen (secondary N) is 1. The van der Waals surface area contributed by atoms with Crippen LogP contribution in [0, 0.1) is 0 Å². The van der Waals surface area contributed by atoms with Crippen LogP contribution in [0.1, 0.15) is 41.0 Å². The van der Waals surface area contributed by atoms with Gasteiger partial charge in [-0.1, -0.05) is 6.92 Å². The summed E-state index contributed by atoms with van der Waals surface area (Å²) < 4.78 is 5.37. The number of hydrogen-bond donors (Lipinski definition) is 1. The predicted octanol–water partition coefficient (Wildman–Crippen LogP) is 1.95. The van der Waals surface area contributed by atoms with E-state index in [1.807, 2.05) is 27.7 Å². The maximum atomic E-state index is 11.9. The molecule has 15 heavy (non-hydrogen) atoms. The van der Waals surface area contributed by atoms with Gasteiger partial charge in [0.25, 0.3) is 0 Å². The molecule has 88 valence electrons. The Balaban J connectivity index is 2.64. The summed E-state index contributed by atoms with van der Waals surface area (Å²) in [7, 11) is 0. The molecule has 0 aliphatic carbocycles. The fraction of sp³-hybridized carbons (Fsp3) is 0.909. The molecule has 1 heterocycles. The summed E-state index contributed by atoms with van der Waals surface area (Å²) in [5.41, 5.74) is -0.419. The Labute approximate surface area is 92.0 Å². The van der Waals surface area contributed by atoms with Crippen LogP contribution in [-0.2, 0) is 4.74 Å². The molecule has 0 saturated carbocycles. The minimum atomic E-state index is -0.419.